The largest absolute Gasteiger partial charge is 0.317 e. The van der Waals surface area contributed by atoms with Gasteiger partial charge in [-0.1, -0.05) is 6.92 Å². The molecule has 1 N–H and O–H groups in total. The third-order valence-corrected chi connectivity index (χ3v) is 3.67. The van der Waals surface area contributed by atoms with Gasteiger partial charge in [-0.05, 0) is 31.9 Å². The van der Waals surface area contributed by atoms with Crippen molar-refractivity contribution >= 4 is 0 Å². The van der Waals surface area contributed by atoms with Crippen LogP contribution in [0.1, 0.15) is 31.4 Å². The summed E-state index contributed by atoms with van der Waals surface area (Å²) in [5, 5.41) is 7.64. The zero-order valence-corrected chi connectivity index (χ0v) is 9.20. The molecule has 0 aliphatic heterocycles. The van der Waals surface area contributed by atoms with Crippen molar-refractivity contribution in [3.63, 3.8) is 0 Å². The van der Waals surface area contributed by atoms with Gasteiger partial charge in [0.15, 0.2) is 0 Å². The lowest BCUT2D eigenvalue weighted by molar-refractivity contribution is 0.417. The quantitative estimate of drug-likeness (QED) is 0.772. The van der Waals surface area contributed by atoms with E-state index < -0.39 is 0 Å². The fourth-order valence-electron chi connectivity index (χ4n) is 2.74. The van der Waals surface area contributed by atoms with Crippen LogP contribution in [0.3, 0.4) is 0 Å². The third-order valence-electron chi connectivity index (χ3n) is 3.67. The molecule has 78 valence electrons. The molecule has 1 aliphatic rings. The molecular formula is C11H19N3. The number of aryl methyl sites for hydroxylation is 1. The fourth-order valence-corrected chi connectivity index (χ4v) is 2.74. The van der Waals surface area contributed by atoms with Crippen LogP contribution in [0.2, 0.25) is 0 Å². The molecule has 0 aromatic carbocycles. The second-order valence-electron chi connectivity index (χ2n) is 4.32. The van der Waals surface area contributed by atoms with Crippen molar-refractivity contribution in [1.82, 2.24) is 15.1 Å². The molecule has 1 heterocycles. The summed E-state index contributed by atoms with van der Waals surface area (Å²) < 4.78 is 2.01. The summed E-state index contributed by atoms with van der Waals surface area (Å²) in [4.78, 5) is 0. The monoisotopic (exact) mass is 193 g/mol. The van der Waals surface area contributed by atoms with E-state index in [4.69, 9.17) is 0 Å². The SMILES string of the molecule is CNC1CCC(c2ccnn2C)C1C. The van der Waals surface area contributed by atoms with Gasteiger partial charge in [-0.3, -0.25) is 4.68 Å². The molecule has 0 amide bonds. The maximum Gasteiger partial charge on any atom is 0.0492 e. The smallest absolute Gasteiger partial charge is 0.0492 e. The summed E-state index contributed by atoms with van der Waals surface area (Å²) in [6.07, 6.45) is 4.47. The first-order valence-electron chi connectivity index (χ1n) is 5.39. The molecule has 0 spiro atoms. The molecule has 3 nitrogen and oxygen atoms in total. The Hall–Kier alpha value is -0.830. The topological polar surface area (TPSA) is 29.9 Å². The molecule has 3 heteroatoms. The van der Waals surface area contributed by atoms with Gasteiger partial charge in [0.1, 0.15) is 0 Å². The highest BCUT2D eigenvalue weighted by Crippen LogP contribution is 2.38. The average Bonchev–Trinajstić information content (AvgIpc) is 2.72. The predicted molar refractivity (Wildman–Crippen MR) is 57.2 cm³/mol. The van der Waals surface area contributed by atoms with E-state index in [1.54, 1.807) is 0 Å². The molecule has 0 radical (unpaired) electrons. The van der Waals surface area contributed by atoms with Crippen LogP contribution in [-0.2, 0) is 7.05 Å². The summed E-state index contributed by atoms with van der Waals surface area (Å²) in [7, 11) is 4.10. The minimum atomic E-state index is 0.676. The Kier molecular flexibility index (Phi) is 2.59. The minimum absolute atomic E-state index is 0.676. The average molecular weight is 193 g/mol. The fraction of sp³-hybridized carbons (Fsp3) is 0.727. The van der Waals surface area contributed by atoms with Crippen molar-refractivity contribution in [3.05, 3.63) is 18.0 Å². The van der Waals surface area contributed by atoms with Crippen molar-refractivity contribution in [2.45, 2.75) is 31.7 Å². The third kappa shape index (κ3) is 1.46. The molecule has 2 rings (SSSR count). The molecule has 1 saturated carbocycles. The van der Waals surface area contributed by atoms with Crippen molar-refractivity contribution < 1.29 is 0 Å². The molecule has 1 aliphatic carbocycles. The Bertz CT molecular complexity index is 305. The molecule has 0 saturated heterocycles. The lowest BCUT2D eigenvalue weighted by atomic mass is 9.93. The maximum absolute atomic E-state index is 4.24. The van der Waals surface area contributed by atoms with Crippen LogP contribution in [0.15, 0.2) is 12.3 Å². The highest BCUT2D eigenvalue weighted by Gasteiger charge is 2.33. The Morgan fingerprint density at radius 3 is 2.79 bits per heavy atom. The van der Waals surface area contributed by atoms with Crippen molar-refractivity contribution in [2.24, 2.45) is 13.0 Å². The molecule has 3 unspecified atom stereocenters. The molecule has 0 bridgehead atoms. The van der Waals surface area contributed by atoms with Crippen molar-refractivity contribution in [1.29, 1.82) is 0 Å². The maximum atomic E-state index is 4.24. The lowest BCUT2D eigenvalue weighted by Gasteiger charge is -2.20. The van der Waals surface area contributed by atoms with Crippen LogP contribution in [0.25, 0.3) is 0 Å². The number of hydrogen-bond donors (Lipinski definition) is 1. The van der Waals surface area contributed by atoms with E-state index in [-0.39, 0.29) is 0 Å². The van der Waals surface area contributed by atoms with E-state index >= 15 is 0 Å². The van der Waals surface area contributed by atoms with Crippen LogP contribution >= 0.6 is 0 Å². The standard InChI is InChI=1S/C11H19N3/c1-8-9(4-5-10(8)12-2)11-6-7-13-14(11)3/h6-10,12H,4-5H2,1-3H3. The normalized spacial score (nSPS) is 32.4. The van der Waals surface area contributed by atoms with Crippen LogP contribution in [0, 0.1) is 5.92 Å². The molecule has 14 heavy (non-hydrogen) atoms. The summed E-state index contributed by atoms with van der Waals surface area (Å²) in [5.74, 6) is 1.40. The van der Waals surface area contributed by atoms with Crippen LogP contribution in [0.4, 0.5) is 0 Å². The zero-order chi connectivity index (χ0) is 10.1. The number of aromatic nitrogens is 2. The first kappa shape index (κ1) is 9.71. The Morgan fingerprint density at radius 2 is 2.29 bits per heavy atom. The molecule has 1 fully saturated rings. The second-order valence-corrected chi connectivity index (χ2v) is 4.32. The summed E-state index contributed by atoms with van der Waals surface area (Å²) in [6, 6.07) is 2.83. The molecule has 1 aromatic rings. The number of nitrogens with zero attached hydrogens (tertiary/aromatic N) is 2. The van der Waals surface area contributed by atoms with Gasteiger partial charge in [0.2, 0.25) is 0 Å². The first-order chi connectivity index (χ1) is 6.74. The van der Waals surface area contributed by atoms with Crippen LogP contribution in [-0.4, -0.2) is 22.9 Å². The van der Waals surface area contributed by atoms with E-state index in [0.717, 1.165) is 5.92 Å². The first-order valence-corrected chi connectivity index (χ1v) is 5.39. The Balaban J connectivity index is 2.18. The van der Waals surface area contributed by atoms with Crippen LogP contribution in [0.5, 0.6) is 0 Å². The zero-order valence-electron chi connectivity index (χ0n) is 9.20. The highest BCUT2D eigenvalue weighted by atomic mass is 15.3. The van der Waals surface area contributed by atoms with Gasteiger partial charge in [0, 0.05) is 30.9 Å². The number of hydrogen-bond acceptors (Lipinski definition) is 2. The Morgan fingerprint density at radius 1 is 1.50 bits per heavy atom. The van der Waals surface area contributed by atoms with E-state index in [0.29, 0.717) is 12.0 Å². The summed E-state index contributed by atoms with van der Waals surface area (Å²) in [6.45, 7) is 2.34. The summed E-state index contributed by atoms with van der Waals surface area (Å²) in [5.41, 5.74) is 1.38. The van der Waals surface area contributed by atoms with Gasteiger partial charge in [-0.15, -0.1) is 0 Å². The summed E-state index contributed by atoms with van der Waals surface area (Å²) >= 11 is 0. The minimum Gasteiger partial charge on any atom is -0.317 e. The second kappa shape index (κ2) is 3.73. The predicted octanol–water partition coefficient (Wildman–Crippen LogP) is 1.52. The number of nitrogens with one attached hydrogen (secondary N) is 1. The molecule has 1 aromatic heterocycles. The van der Waals surface area contributed by atoms with Gasteiger partial charge in [-0.2, -0.15) is 5.10 Å². The lowest BCUT2D eigenvalue weighted by Crippen LogP contribution is -2.29. The van der Waals surface area contributed by atoms with Gasteiger partial charge < -0.3 is 5.32 Å². The number of rotatable bonds is 2. The van der Waals surface area contributed by atoms with Gasteiger partial charge in [0.25, 0.3) is 0 Å². The van der Waals surface area contributed by atoms with E-state index in [1.165, 1.54) is 18.5 Å². The van der Waals surface area contributed by atoms with E-state index in [9.17, 15) is 0 Å². The van der Waals surface area contributed by atoms with Crippen molar-refractivity contribution in [3.8, 4) is 0 Å². The van der Waals surface area contributed by atoms with Crippen LogP contribution < -0.4 is 5.32 Å². The van der Waals surface area contributed by atoms with Gasteiger partial charge in [0.05, 0.1) is 0 Å². The van der Waals surface area contributed by atoms with Gasteiger partial charge >= 0.3 is 0 Å². The van der Waals surface area contributed by atoms with E-state index in [1.807, 2.05) is 17.9 Å². The highest BCUT2D eigenvalue weighted by molar-refractivity contribution is 5.12. The Labute approximate surface area is 85.5 Å². The van der Waals surface area contributed by atoms with E-state index in [2.05, 4.69) is 30.5 Å². The molecule has 3 atom stereocenters. The van der Waals surface area contributed by atoms with Gasteiger partial charge in [-0.25, -0.2) is 0 Å². The van der Waals surface area contributed by atoms with Crippen molar-refractivity contribution in [2.75, 3.05) is 7.05 Å². The molecular weight excluding hydrogens is 174 g/mol.